The first kappa shape index (κ1) is 21.0. The van der Waals surface area contributed by atoms with Crippen molar-refractivity contribution in [1.82, 2.24) is 10.3 Å². The molecule has 3 rings (SSSR count). The van der Waals surface area contributed by atoms with Crippen LogP contribution >= 0.6 is 0 Å². The van der Waals surface area contributed by atoms with E-state index in [1.807, 2.05) is 32.0 Å². The molecule has 0 aliphatic heterocycles. The second-order valence-corrected chi connectivity index (χ2v) is 7.37. The van der Waals surface area contributed by atoms with Crippen LogP contribution in [0.5, 0.6) is 5.88 Å². The van der Waals surface area contributed by atoms with Crippen LogP contribution in [0.1, 0.15) is 42.4 Å². The van der Waals surface area contributed by atoms with Crippen LogP contribution in [0.3, 0.4) is 0 Å². The summed E-state index contributed by atoms with van der Waals surface area (Å²) in [6.07, 6.45) is -0.918. The summed E-state index contributed by atoms with van der Waals surface area (Å²) in [6, 6.07) is 7.74. The van der Waals surface area contributed by atoms with Gasteiger partial charge in [-0.25, -0.2) is 9.78 Å². The molecule has 0 radical (unpaired) electrons. The maximum atomic E-state index is 12.6. The van der Waals surface area contributed by atoms with Gasteiger partial charge in [-0.15, -0.1) is 0 Å². The highest BCUT2D eigenvalue weighted by atomic mass is 19.4. The number of alkyl halides is 3. The lowest BCUT2D eigenvalue weighted by atomic mass is 9.93. The third kappa shape index (κ3) is 5.85. The molecular formula is C21H24F3N3O2. The molecule has 5 nitrogen and oxygen atoms in total. The van der Waals surface area contributed by atoms with Crippen LogP contribution in [0.25, 0.3) is 0 Å². The lowest BCUT2D eigenvalue weighted by molar-refractivity contribution is -0.137. The SMILES string of the molecule is Cc1ccc(NC(=O)NC2CCC(Oc3ccc(C(F)(F)F)cn3)CC2)cc1C. The molecule has 8 heteroatoms. The highest BCUT2D eigenvalue weighted by Gasteiger charge is 2.31. The van der Waals surface area contributed by atoms with Crippen molar-refractivity contribution in [2.24, 2.45) is 0 Å². The smallest absolute Gasteiger partial charge is 0.417 e. The number of rotatable bonds is 4. The monoisotopic (exact) mass is 407 g/mol. The van der Waals surface area contributed by atoms with E-state index in [0.29, 0.717) is 12.8 Å². The number of aromatic nitrogens is 1. The molecule has 1 aromatic heterocycles. The normalized spacial score (nSPS) is 19.5. The minimum atomic E-state index is -4.41. The van der Waals surface area contributed by atoms with Crippen LogP contribution in [0.4, 0.5) is 23.7 Å². The van der Waals surface area contributed by atoms with Gasteiger partial charge in [-0.3, -0.25) is 0 Å². The molecule has 0 spiro atoms. The Kier molecular flexibility index (Phi) is 6.30. The topological polar surface area (TPSA) is 63.2 Å². The molecular weight excluding hydrogens is 383 g/mol. The molecule has 1 aromatic carbocycles. The number of benzene rings is 1. The van der Waals surface area contributed by atoms with E-state index in [1.54, 1.807) is 0 Å². The van der Waals surface area contributed by atoms with Gasteiger partial charge in [0.1, 0.15) is 6.10 Å². The Morgan fingerprint density at radius 2 is 1.79 bits per heavy atom. The van der Waals surface area contributed by atoms with Crippen LogP contribution in [-0.4, -0.2) is 23.2 Å². The maximum absolute atomic E-state index is 12.6. The first-order valence-electron chi connectivity index (χ1n) is 9.55. The number of hydrogen-bond acceptors (Lipinski definition) is 3. The predicted molar refractivity (Wildman–Crippen MR) is 104 cm³/mol. The first-order chi connectivity index (χ1) is 13.7. The van der Waals surface area contributed by atoms with E-state index in [4.69, 9.17) is 4.74 Å². The summed E-state index contributed by atoms with van der Waals surface area (Å²) in [4.78, 5) is 16.0. The number of aryl methyl sites for hydroxylation is 2. The number of nitrogens with zero attached hydrogens (tertiary/aromatic N) is 1. The second kappa shape index (κ2) is 8.71. The number of carbonyl (C=O) groups excluding carboxylic acids is 1. The second-order valence-electron chi connectivity index (χ2n) is 7.37. The summed E-state index contributed by atoms with van der Waals surface area (Å²) in [5, 5.41) is 5.81. The Morgan fingerprint density at radius 1 is 1.07 bits per heavy atom. The van der Waals surface area contributed by atoms with Crippen molar-refractivity contribution in [3.05, 3.63) is 53.2 Å². The van der Waals surface area contributed by atoms with Crippen molar-refractivity contribution in [1.29, 1.82) is 0 Å². The fraction of sp³-hybridized carbons (Fsp3) is 0.429. The Balaban J connectivity index is 1.44. The predicted octanol–water partition coefficient (Wildman–Crippen LogP) is 5.23. The largest absolute Gasteiger partial charge is 0.474 e. The summed E-state index contributed by atoms with van der Waals surface area (Å²) in [6.45, 7) is 4.01. The average Bonchev–Trinajstić information content (AvgIpc) is 2.66. The summed E-state index contributed by atoms with van der Waals surface area (Å²) >= 11 is 0. The fourth-order valence-corrected chi connectivity index (χ4v) is 3.29. The number of hydrogen-bond donors (Lipinski definition) is 2. The number of anilines is 1. The Labute approximate surface area is 167 Å². The zero-order chi connectivity index (χ0) is 21.0. The van der Waals surface area contributed by atoms with Gasteiger partial charge in [0.2, 0.25) is 5.88 Å². The fourth-order valence-electron chi connectivity index (χ4n) is 3.29. The number of amides is 2. The lowest BCUT2D eigenvalue weighted by Crippen LogP contribution is -2.41. The molecule has 156 valence electrons. The average molecular weight is 407 g/mol. The van der Waals surface area contributed by atoms with E-state index in [1.165, 1.54) is 6.07 Å². The van der Waals surface area contributed by atoms with Gasteiger partial charge in [-0.1, -0.05) is 6.07 Å². The van der Waals surface area contributed by atoms with E-state index >= 15 is 0 Å². The zero-order valence-corrected chi connectivity index (χ0v) is 16.3. The highest BCUT2D eigenvalue weighted by molar-refractivity contribution is 5.89. The van der Waals surface area contributed by atoms with Gasteiger partial charge >= 0.3 is 12.2 Å². The molecule has 0 atom stereocenters. The molecule has 0 saturated heterocycles. The molecule has 1 fully saturated rings. The van der Waals surface area contributed by atoms with E-state index in [-0.39, 0.29) is 24.1 Å². The van der Waals surface area contributed by atoms with E-state index < -0.39 is 11.7 Å². The molecule has 2 N–H and O–H groups in total. The Hall–Kier alpha value is -2.77. The lowest BCUT2D eigenvalue weighted by Gasteiger charge is -2.29. The number of halogens is 3. The third-order valence-corrected chi connectivity index (χ3v) is 5.13. The molecule has 1 aliphatic rings. The quantitative estimate of drug-likeness (QED) is 0.730. The van der Waals surface area contributed by atoms with Crippen molar-refractivity contribution in [3.63, 3.8) is 0 Å². The van der Waals surface area contributed by atoms with Crippen molar-refractivity contribution in [2.75, 3.05) is 5.32 Å². The van der Waals surface area contributed by atoms with Gasteiger partial charge < -0.3 is 15.4 Å². The number of nitrogens with one attached hydrogen (secondary N) is 2. The Morgan fingerprint density at radius 3 is 2.38 bits per heavy atom. The molecule has 29 heavy (non-hydrogen) atoms. The van der Waals surface area contributed by atoms with Crippen molar-refractivity contribution in [3.8, 4) is 5.88 Å². The Bertz CT molecular complexity index is 845. The van der Waals surface area contributed by atoms with Crippen molar-refractivity contribution in [2.45, 2.75) is 57.9 Å². The molecule has 0 unspecified atom stereocenters. The molecule has 1 saturated carbocycles. The molecule has 0 bridgehead atoms. The number of urea groups is 1. The van der Waals surface area contributed by atoms with Gasteiger partial charge in [0.25, 0.3) is 0 Å². The number of pyridine rings is 1. The number of ether oxygens (including phenoxy) is 1. The molecule has 1 heterocycles. The summed E-state index contributed by atoms with van der Waals surface area (Å²) < 4.78 is 43.4. The molecule has 1 aliphatic carbocycles. The minimum absolute atomic E-state index is 0.0296. The van der Waals surface area contributed by atoms with Gasteiger partial charge in [0.15, 0.2) is 0 Å². The van der Waals surface area contributed by atoms with E-state index in [9.17, 15) is 18.0 Å². The summed E-state index contributed by atoms with van der Waals surface area (Å²) in [5.74, 6) is 0.182. The molecule has 2 aromatic rings. The standard InChI is InChI=1S/C21H24F3N3O2/c1-13-3-5-17(11-14(13)2)27-20(28)26-16-6-8-18(9-7-16)29-19-10-4-15(12-25-19)21(22,23)24/h3-5,10-12,16,18H,6-9H2,1-2H3,(H2,26,27,28). The van der Waals surface area contributed by atoms with Gasteiger partial charge in [0.05, 0.1) is 5.56 Å². The summed E-state index contributed by atoms with van der Waals surface area (Å²) in [7, 11) is 0. The zero-order valence-electron chi connectivity index (χ0n) is 16.3. The van der Waals surface area contributed by atoms with Crippen molar-refractivity contribution < 1.29 is 22.7 Å². The van der Waals surface area contributed by atoms with Crippen molar-refractivity contribution >= 4 is 11.7 Å². The van der Waals surface area contributed by atoms with Gasteiger partial charge in [0, 0.05) is 24.0 Å². The summed E-state index contributed by atoms with van der Waals surface area (Å²) in [5.41, 5.74) is 2.22. The van der Waals surface area contributed by atoms with E-state index in [0.717, 1.165) is 41.9 Å². The third-order valence-electron chi connectivity index (χ3n) is 5.13. The minimum Gasteiger partial charge on any atom is -0.474 e. The molecule has 2 amide bonds. The van der Waals surface area contributed by atoms with Crippen LogP contribution in [0, 0.1) is 13.8 Å². The van der Waals surface area contributed by atoms with Crippen LogP contribution in [0.2, 0.25) is 0 Å². The maximum Gasteiger partial charge on any atom is 0.417 e. The highest BCUT2D eigenvalue weighted by Crippen LogP contribution is 2.30. The van der Waals surface area contributed by atoms with Gasteiger partial charge in [-0.2, -0.15) is 13.2 Å². The first-order valence-corrected chi connectivity index (χ1v) is 9.55. The van der Waals surface area contributed by atoms with Crippen LogP contribution in [0.15, 0.2) is 36.5 Å². The van der Waals surface area contributed by atoms with Crippen LogP contribution in [-0.2, 0) is 6.18 Å². The van der Waals surface area contributed by atoms with Crippen LogP contribution < -0.4 is 15.4 Å². The van der Waals surface area contributed by atoms with Gasteiger partial charge in [-0.05, 0) is 68.9 Å². The van der Waals surface area contributed by atoms with E-state index in [2.05, 4.69) is 15.6 Å². The number of carbonyl (C=O) groups is 1.